The highest BCUT2D eigenvalue weighted by Gasteiger charge is 2.11. The van der Waals surface area contributed by atoms with Gasteiger partial charge >= 0.3 is 0 Å². The zero-order valence-corrected chi connectivity index (χ0v) is 14.9. The average Bonchev–Trinajstić information content (AvgIpc) is 2.95. The highest BCUT2D eigenvalue weighted by Crippen LogP contribution is 2.30. The van der Waals surface area contributed by atoms with Crippen molar-refractivity contribution in [1.82, 2.24) is 4.98 Å². The van der Waals surface area contributed by atoms with Crippen molar-refractivity contribution in [3.63, 3.8) is 0 Å². The molecule has 2 aromatic carbocycles. The molecule has 126 valence electrons. The zero-order chi connectivity index (χ0) is 17.8. The van der Waals surface area contributed by atoms with Crippen LogP contribution in [0.5, 0.6) is 0 Å². The van der Waals surface area contributed by atoms with Gasteiger partial charge in [-0.15, -0.1) is 11.3 Å². The minimum Gasteiger partial charge on any atom is -0.298 e. The molecule has 0 atom stereocenters. The number of nitrogens with one attached hydrogen (secondary N) is 1. The molecule has 6 heteroatoms. The van der Waals surface area contributed by atoms with E-state index in [4.69, 9.17) is 11.6 Å². The fourth-order valence-electron chi connectivity index (χ4n) is 2.22. The van der Waals surface area contributed by atoms with Crippen molar-refractivity contribution in [3.05, 3.63) is 75.9 Å². The minimum atomic E-state index is -0.294. The fraction of sp³-hybridized carbons (Fsp3) is 0.0526. The van der Waals surface area contributed by atoms with Crippen molar-refractivity contribution in [2.75, 3.05) is 5.32 Å². The first-order chi connectivity index (χ1) is 12.0. The summed E-state index contributed by atoms with van der Waals surface area (Å²) in [7, 11) is 0. The molecule has 0 aliphatic carbocycles. The Labute approximate surface area is 153 Å². The lowest BCUT2D eigenvalue weighted by Gasteiger charge is -1.98. The van der Waals surface area contributed by atoms with Crippen LogP contribution in [0.1, 0.15) is 10.4 Å². The number of aromatic nitrogens is 1. The molecule has 0 saturated heterocycles. The Morgan fingerprint density at radius 2 is 1.84 bits per heavy atom. The Hall–Kier alpha value is -2.50. The highest BCUT2D eigenvalue weighted by atomic mass is 35.5. The van der Waals surface area contributed by atoms with Crippen LogP contribution < -0.4 is 5.32 Å². The monoisotopic (exact) mass is 372 g/mol. The van der Waals surface area contributed by atoms with Gasteiger partial charge in [0.2, 0.25) is 5.91 Å². The SMILES string of the molecule is Cc1sc(NC(=O)/C=C/c2ccc(Cl)cc2)nc1-c1ccc(F)cc1. The van der Waals surface area contributed by atoms with E-state index in [1.54, 1.807) is 30.3 Å². The van der Waals surface area contributed by atoms with Crippen molar-refractivity contribution in [2.24, 2.45) is 0 Å². The van der Waals surface area contributed by atoms with Crippen LogP contribution in [-0.4, -0.2) is 10.9 Å². The van der Waals surface area contributed by atoms with Crippen LogP contribution in [-0.2, 0) is 4.79 Å². The van der Waals surface area contributed by atoms with Crippen LogP contribution in [0.15, 0.2) is 54.6 Å². The van der Waals surface area contributed by atoms with E-state index in [0.717, 1.165) is 21.7 Å². The number of halogens is 2. The fourth-order valence-corrected chi connectivity index (χ4v) is 3.18. The van der Waals surface area contributed by atoms with Gasteiger partial charge in [-0.05, 0) is 55.0 Å². The lowest BCUT2D eigenvalue weighted by atomic mass is 10.1. The number of carbonyl (C=O) groups excluding carboxylic acids is 1. The largest absolute Gasteiger partial charge is 0.298 e. The summed E-state index contributed by atoms with van der Waals surface area (Å²) in [4.78, 5) is 17.4. The maximum Gasteiger partial charge on any atom is 0.250 e. The average molecular weight is 373 g/mol. The first-order valence-corrected chi connectivity index (χ1v) is 8.69. The predicted octanol–water partition coefficient (Wildman–Crippen LogP) is 5.56. The Balaban J connectivity index is 1.70. The lowest BCUT2D eigenvalue weighted by Crippen LogP contribution is -2.07. The second-order valence-electron chi connectivity index (χ2n) is 5.30. The molecule has 1 heterocycles. The second kappa shape index (κ2) is 7.59. The topological polar surface area (TPSA) is 42.0 Å². The van der Waals surface area contributed by atoms with E-state index in [1.165, 1.54) is 29.5 Å². The van der Waals surface area contributed by atoms with E-state index in [0.29, 0.717) is 10.2 Å². The van der Waals surface area contributed by atoms with Gasteiger partial charge in [0.15, 0.2) is 5.13 Å². The number of nitrogens with zero attached hydrogens (tertiary/aromatic N) is 1. The second-order valence-corrected chi connectivity index (χ2v) is 6.94. The molecule has 0 saturated carbocycles. The lowest BCUT2D eigenvalue weighted by molar-refractivity contribution is -0.111. The van der Waals surface area contributed by atoms with Gasteiger partial charge in [-0.1, -0.05) is 23.7 Å². The Morgan fingerprint density at radius 1 is 1.16 bits per heavy atom. The van der Waals surface area contributed by atoms with Gasteiger partial charge < -0.3 is 0 Å². The van der Waals surface area contributed by atoms with Gasteiger partial charge in [-0.25, -0.2) is 9.37 Å². The van der Waals surface area contributed by atoms with Crippen LogP contribution in [0, 0.1) is 12.7 Å². The third-order valence-electron chi connectivity index (χ3n) is 3.44. The van der Waals surface area contributed by atoms with Gasteiger partial charge in [-0.2, -0.15) is 0 Å². The molecule has 0 radical (unpaired) electrons. The number of anilines is 1. The predicted molar refractivity (Wildman–Crippen MR) is 101 cm³/mol. The summed E-state index contributed by atoms with van der Waals surface area (Å²) in [6, 6.07) is 13.3. The Kier molecular flexibility index (Phi) is 5.26. The van der Waals surface area contributed by atoms with Gasteiger partial charge in [0.25, 0.3) is 0 Å². The molecule has 0 fully saturated rings. The molecule has 3 aromatic rings. The molecule has 25 heavy (non-hydrogen) atoms. The molecule has 1 N–H and O–H groups in total. The van der Waals surface area contributed by atoms with Crippen LogP contribution in [0.2, 0.25) is 5.02 Å². The summed E-state index contributed by atoms with van der Waals surface area (Å²) < 4.78 is 13.0. The number of benzene rings is 2. The molecule has 1 amide bonds. The summed E-state index contributed by atoms with van der Waals surface area (Å²) in [5.41, 5.74) is 2.43. The highest BCUT2D eigenvalue weighted by molar-refractivity contribution is 7.16. The molecule has 0 aliphatic rings. The quantitative estimate of drug-likeness (QED) is 0.609. The number of hydrogen-bond acceptors (Lipinski definition) is 3. The molecular formula is C19H14ClFN2OS. The zero-order valence-electron chi connectivity index (χ0n) is 13.3. The summed E-state index contributed by atoms with van der Waals surface area (Å²) in [5, 5.41) is 3.90. The van der Waals surface area contributed by atoms with Gasteiger partial charge in [0, 0.05) is 21.5 Å². The summed E-state index contributed by atoms with van der Waals surface area (Å²) in [6.07, 6.45) is 3.14. The normalized spacial score (nSPS) is 11.0. The van der Waals surface area contributed by atoms with Crippen LogP contribution in [0.3, 0.4) is 0 Å². The first kappa shape index (κ1) is 17.3. The van der Waals surface area contributed by atoms with E-state index in [1.807, 2.05) is 19.1 Å². The molecular weight excluding hydrogens is 359 g/mol. The van der Waals surface area contributed by atoms with Gasteiger partial charge in [-0.3, -0.25) is 10.1 Å². The molecule has 0 unspecified atom stereocenters. The van der Waals surface area contributed by atoms with Crippen molar-refractivity contribution in [2.45, 2.75) is 6.92 Å². The number of carbonyl (C=O) groups is 1. The van der Waals surface area contributed by atoms with Crippen LogP contribution in [0.25, 0.3) is 17.3 Å². The molecule has 0 bridgehead atoms. The maximum absolute atomic E-state index is 13.0. The van der Waals surface area contributed by atoms with Crippen molar-refractivity contribution < 1.29 is 9.18 Å². The van der Waals surface area contributed by atoms with E-state index in [2.05, 4.69) is 10.3 Å². The third kappa shape index (κ3) is 4.53. The Bertz CT molecular complexity index is 918. The van der Waals surface area contributed by atoms with Crippen LogP contribution in [0.4, 0.5) is 9.52 Å². The molecule has 3 rings (SSSR count). The van der Waals surface area contributed by atoms with Crippen molar-refractivity contribution in [1.29, 1.82) is 0 Å². The first-order valence-electron chi connectivity index (χ1n) is 7.49. The number of thiazole rings is 1. The van der Waals surface area contributed by atoms with Crippen molar-refractivity contribution >= 4 is 40.1 Å². The van der Waals surface area contributed by atoms with Gasteiger partial charge in [0.1, 0.15) is 5.82 Å². The summed E-state index contributed by atoms with van der Waals surface area (Å²) in [6.45, 7) is 1.91. The Morgan fingerprint density at radius 3 is 2.52 bits per heavy atom. The van der Waals surface area contributed by atoms with E-state index in [-0.39, 0.29) is 11.7 Å². The molecule has 0 aliphatic heterocycles. The number of rotatable bonds is 4. The van der Waals surface area contributed by atoms with Gasteiger partial charge in [0.05, 0.1) is 5.69 Å². The van der Waals surface area contributed by atoms with E-state index in [9.17, 15) is 9.18 Å². The number of amides is 1. The van der Waals surface area contributed by atoms with Crippen LogP contribution >= 0.6 is 22.9 Å². The molecule has 1 aromatic heterocycles. The standard InChI is InChI=1S/C19H14ClFN2OS/c1-12-18(14-5-9-16(21)10-6-14)23-19(25-12)22-17(24)11-4-13-2-7-15(20)8-3-13/h2-11H,1H3,(H,22,23,24)/b11-4+. The van der Waals surface area contributed by atoms with E-state index < -0.39 is 0 Å². The smallest absolute Gasteiger partial charge is 0.250 e. The summed E-state index contributed by atoms with van der Waals surface area (Å²) >= 11 is 7.20. The maximum atomic E-state index is 13.0. The summed E-state index contributed by atoms with van der Waals surface area (Å²) in [5.74, 6) is -0.563. The molecule has 3 nitrogen and oxygen atoms in total. The molecule has 0 spiro atoms. The number of aryl methyl sites for hydroxylation is 1. The van der Waals surface area contributed by atoms with Crippen molar-refractivity contribution in [3.8, 4) is 11.3 Å². The minimum absolute atomic E-state index is 0.269. The number of hydrogen-bond donors (Lipinski definition) is 1. The third-order valence-corrected chi connectivity index (χ3v) is 4.58. The van der Waals surface area contributed by atoms with E-state index >= 15 is 0 Å².